The van der Waals surface area contributed by atoms with Crippen molar-refractivity contribution in [3.8, 4) is 0 Å². The van der Waals surface area contributed by atoms with Gasteiger partial charge in [0.1, 0.15) is 0 Å². The Morgan fingerprint density at radius 3 is 2.80 bits per heavy atom. The molecule has 4 heteroatoms. The topological polar surface area (TPSA) is 16.1 Å². The fraction of sp³-hybridized carbons (Fsp3) is 0.188. The molecule has 0 atom stereocenters. The zero-order valence-electron chi connectivity index (χ0n) is 11.3. The number of fused-ring (bicyclic) bond motifs is 2. The normalized spacial score (nSPS) is 12.9. The molecule has 0 bridgehead atoms. The molecule has 2 heterocycles. The Bertz CT molecular complexity index is 665. The third-order valence-corrected chi connectivity index (χ3v) is 6.00. The van der Waals surface area contributed by atoms with Crippen LogP contribution in [0.4, 0.5) is 5.69 Å². The molecule has 4 rings (SSSR count). The van der Waals surface area contributed by atoms with E-state index >= 15 is 0 Å². The number of hydrogen-bond acceptors (Lipinski definition) is 3. The van der Waals surface area contributed by atoms with Crippen LogP contribution in [-0.4, -0.2) is 31.9 Å². The summed E-state index contributed by atoms with van der Waals surface area (Å²) in [7, 11) is 0. The third-order valence-electron chi connectivity index (χ3n) is 3.20. The molecule has 0 amide bonds. The van der Waals surface area contributed by atoms with E-state index in [-0.39, 0.29) is 0 Å². The van der Waals surface area contributed by atoms with E-state index in [1.165, 1.54) is 14.8 Å². The van der Waals surface area contributed by atoms with E-state index in [1.807, 2.05) is 22.9 Å². The molecule has 0 fully saturated rings. The van der Waals surface area contributed by atoms with Gasteiger partial charge in [-0.2, -0.15) is 0 Å². The van der Waals surface area contributed by atoms with Crippen molar-refractivity contribution in [1.29, 1.82) is 0 Å². The standard InChI is InChI=1S/C9H11NS.C7H5NSe/c1-2-10-7-11-9-6-4-3-5-8(9)10;1-2-4-7-6(3-1)8-5-9-7/h3-6H,2,7H2,1H3;1-5H. The van der Waals surface area contributed by atoms with E-state index in [0.29, 0.717) is 14.5 Å². The summed E-state index contributed by atoms with van der Waals surface area (Å²) in [4.78, 5) is 8.02. The zero-order valence-corrected chi connectivity index (χ0v) is 13.9. The molecule has 1 aromatic heterocycles. The quantitative estimate of drug-likeness (QED) is 0.622. The average Bonchev–Trinajstić information content (AvgIpc) is 3.14. The van der Waals surface area contributed by atoms with Gasteiger partial charge in [0.25, 0.3) is 0 Å². The van der Waals surface area contributed by atoms with Gasteiger partial charge in [0.05, 0.1) is 11.6 Å². The molecule has 1 aliphatic heterocycles. The van der Waals surface area contributed by atoms with Gasteiger partial charge in [0, 0.05) is 11.4 Å². The van der Waals surface area contributed by atoms with Crippen molar-refractivity contribution in [3.05, 3.63) is 53.6 Å². The van der Waals surface area contributed by atoms with Crippen molar-refractivity contribution in [1.82, 2.24) is 4.98 Å². The van der Waals surface area contributed by atoms with Gasteiger partial charge in [-0.3, -0.25) is 0 Å². The third kappa shape index (κ3) is 2.93. The molecule has 0 spiro atoms. The summed E-state index contributed by atoms with van der Waals surface area (Å²) >= 11 is 2.44. The number of hydrogen-bond donors (Lipinski definition) is 0. The van der Waals surface area contributed by atoms with Crippen LogP contribution < -0.4 is 4.90 Å². The van der Waals surface area contributed by atoms with Crippen LogP contribution in [0.15, 0.2) is 58.5 Å². The molecule has 3 aromatic rings. The Labute approximate surface area is 129 Å². The predicted octanol–water partition coefficient (Wildman–Crippen LogP) is 3.87. The Kier molecular flexibility index (Phi) is 4.46. The van der Waals surface area contributed by atoms with Gasteiger partial charge in [0.15, 0.2) is 0 Å². The average molecular weight is 347 g/mol. The van der Waals surface area contributed by atoms with Crippen molar-refractivity contribution in [2.24, 2.45) is 0 Å². The number of anilines is 1. The first-order valence-electron chi connectivity index (χ1n) is 6.63. The zero-order chi connectivity index (χ0) is 13.8. The molecule has 0 aliphatic carbocycles. The van der Waals surface area contributed by atoms with Crippen molar-refractivity contribution in [2.75, 3.05) is 17.3 Å². The van der Waals surface area contributed by atoms with E-state index in [0.717, 1.165) is 17.9 Å². The SMILES string of the molecule is CCN1CSc2ccccc21.c1ccc2[se]cnc2c1. The van der Waals surface area contributed by atoms with Crippen LogP contribution in [0.5, 0.6) is 0 Å². The number of para-hydroxylation sites is 2. The van der Waals surface area contributed by atoms with Crippen molar-refractivity contribution in [2.45, 2.75) is 11.8 Å². The molecule has 102 valence electrons. The van der Waals surface area contributed by atoms with Crippen molar-refractivity contribution >= 4 is 41.7 Å². The van der Waals surface area contributed by atoms with Crippen LogP contribution in [0.3, 0.4) is 0 Å². The van der Waals surface area contributed by atoms with Gasteiger partial charge < -0.3 is 4.90 Å². The molecule has 1 aliphatic rings. The molecule has 0 radical (unpaired) electrons. The summed E-state index contributed by atoms with van der Waals surface area (Å²) < 4.78 is 1.41. The predicted molar refractivity (Wildman–Crippen MR) is 88.9 cm³/mol. The number of aromatic nitrogens is 1. The number of rotatable bonds is 1. The maximum absolute atomic E-state index is 4.20. The van der Waals surface area contributed by atoms with Crippen LogP contribution in [0.1, 0.15) is 6.92 Å². The summed E-state index contributed by atoms with van der Waals surface area (Å²) in [6, 6.07) is 16.9. The van der Waals surface area contributed by atoms with Crippen LogP contribution in [0.2, 0.25) is 0 Å². The van der Waals surface area contributed by atoms with Crippen LogP contribution >= 0.6 is 11.8 Å². The molecule has 2 nitrogen and oxygen atoms in total. The molecular weight excluding hydrogens is 331 g/mol. The van der Waals surface area contributed by atoms with Crippen molar-refractivity contribution in [3.63, 3.8) is 0 Å². The fourth-order valence-electron chi connectivity index (χ4n) is 2.12. The van der Waals surface area contributed by atoms with Gasteiger partial charge in [0.2, 0.25) is 0 Å². The summed E-state index contributed by atoms with van der Waals surface area (Å²) in [6.07, 6.45) is 0. The first-order chi connectivity index (χ1) is 9.88. The number of thioether (sulfide) groups is 1. The Morgan fingerprint density at radius 1 is 1.15 bits per heavy atom. The number of benzene rings is 2. The van der Waals surface area contributed by atoms with Gasteiger partial charge in [-0.25, -0.2) is 0 Å². The molecule has 2 aromatic carbocycles. The van der Waals surface area contributed by atoms with E-state index in [1.54, 1.807) is 0 Å². The van der Waals surface area contributed by atoms with E-state index in [2.05, 4.69) is 59.3 Å². The Balaban J connectivity index is 0.000000123. The van der Waals surface area contributed by atoms with E-state index in [4.69, 9.17) is 0 Å². The second-order valence-corrected chi connectivity index (χ2v) is 7.26. The van der Waals surface area contributed by atoms with E-state index < -0.39 is 0 Å². The molecule has 0 N–H and O–H groups in total. The Hall–Kier alpha value is -1.22. The molecular formula is C16H16N2SSe. The minimum atomic E-state index is 0.511. The fourth-order valence-corrected chi connectivity index (χ4v) is 4.68. The molecule has 0 saturated carbocycles. The monoisotopic (exact) mass is 348 g/mol. The summed E-state index contributed by atoms with van der Waals surface area (Å²) in [5.74, 6) is 1.12. The van der Waals surface area contributed by atoms with Crippen LogP contribution in [0.25, 0.3) is 9.78 Å². The van der Waals surface area contributed by atoms with Crippen LogP contribution in [-0.2, 0) is 0 Å². The summed E-state index contributed by atoms with van der Waals surface area (Å²) in [6.45, 7) is 3.31. The molecule has 0 unspecified atom stereocenters. The first kappa shape index (κ1) is 13.7. The first-order valence-corrected chi connectivity index (χ1v) is 9.46. The second-order valence-electron chi connectivity index (χ2n) is 4.42. The van der Waals surface area contributed by atoms with Crippen LogP contribution in [0, 0.1) is 0 Å². The van der Waals surface area contributed by atoms with Crippen molar-refractivity contribution < 1.29 is 0 Å². The summed E-state index contributed by atoms with van der Waals surface area (Å²) in [5, 5.41) is 2.01. The second kappa shape index (κ2) is 6.49. The molecule has 0 saturated heterocycles. The maximum atomic E-state index is 4.20. The number of nitrogens with zero attached hydrogens (tertiary/aromatic N) is 2. The van der Waals surface area contributed by atoms with E-state index in [9.17, 15) is 0 Å². The van der Waals surface area contributed by atoms with Gasteiger partial charge in [-0.15, -0.1) is 11.8 Å². The minimum absolute atomic E-state index is 0.511. The van der Waals surface area contributed by atoms with Gasteiger partial charge in [-0.05, 0) is 19.1 Å². The summed E-state index contributed by atoms with van der Waals surface area (Å²) in [5.41, 5.74) is 2.57. The van der Waals surface area contributed by atoms with Gasteiger partial charge >= 0.3 is 58.6 Å². The molecule has 20 heavy (non-hydrogen) atoms. The Morgan fingerprint density at radius 2 is 1.95 bits per heavy atom. The van der Waals surface area contributed by atoms with Gasteiger partial charge in [-0.1, -0.05) is 12.1 Å².